The molecule has 1 heterocycles. The number of nitrogens with zero attached hydrogens (tertiary/aromatic N) is 1. The van der Waals surface area contributed by atoms with E-state index in [4.69, 9.17) is 0 Å². The number of amides is 2. The molecule has 5 nitrogen and oxygen atoms in total. The van der Waals surface area contributed by atoms with Crippen LogP contribution >= 0.6 is 0 Å². The van der Waals surface area contributed by atoms with Crippen molar-refractivity contribution in [3.05, 3.63) is 0 Å². The first-order valence-corrected chi connectivity index (χ1v) is 6.01. The molecule has 0 aromatic carbocycles. The molecule has 0 aromatic rings. The first-order chi connectivity index (χ1) is 8.44. The van der Waals surface area contributed by atoms with E-state index in [1.165, 1.54) is 4.90 Å². The third kappa shape index (κ3) is 2.88. The zero-order chi connectivity index (χ0) is 13.8. The van der Waals surface area contributed by atoms with Gasteiger partial charge in [0, 0.05) is 6.54 Å². The highest BCUT2D eigenvalue weighted by atomic mass is 19.3. The van der Waals surface area contributed by atoms with Gasteiger partial charge in [-0.15, -0.1) is 0 Å². The van der Waals surface area contributed by atoms with Crippen LogP contribution in [0.5, 0.6) is 0 Å². The lowest BCUT2D eigenvalue weighted by molar-refractivity contribution is -0.148. The number of urea groups is 1. The van der Waals surface area contributed by atoms with Crippen LogP contribution in [0.2, 0.25) is 0 Å². The predicted octanol–water partition coefficient (Wildman–Crippen LogP) is 1.68. The Bertz CT molecular complexity index is 325. The van der Waals surface area contributed by atoms with Crippen LogP contribution in [0.4, 0.5) is 13.6 Å². The van der Waals surface area contributed by atoms with Crippen molar-refractivity contribution in [3.63, 3.8) is 0 Å². The Balaban J connectivity index is 2.78. The van der Waals surface area contributed by atoms with Crippen molar-refractivity contribution >= 4 is 12.0 Å². The average molecular weight is 264 g/mol. The fraction of sp³-hybridized carbons (Fsp3) is 0.818. The van der Waals surface area contributed by atoms with Gasteiger partial charge in [0.2, 0.25) is 0 Å². The SMILES string of the molecule is CCCC1(C(=O)O)CCCN1C(=O)NCC(F)F. The van der Waals surface area contributed by atoms with Gasteiger partial charge < -0.3 is 15.3 Å². The van der Waals surface area contributed by atoms with E-state index in [2.05, 4.69) is 5.32 Å². The number of halogens is 2. The Morgan fingerprint density at radius 1 is 1.50 bits per heavy atom. The van der Waals surface area contributed by atoms with Crippen LogP contribution in [0.3, 0.4) is 0 Å². The first-order valence-electron chi connectivity index (χ1n) is 6.01. The monoisotopic (exact) mass is 264 g/mol. The molecular formula is C11H18F2N2O3. The summed E-state index contributed by atoms with van der Waals surface area (Å²) in [6.07, 6.45) is -0.732. The fourth-order valence-electron chi connectivity index (χ4n) is 2.44. The van der Waals surface area contributed by atoms with Crippen LogP contribution < -0.4 is 5.32 Å². The molecule has 1 rings (SSSR count). The molecule has 0 radical (unpaired) electrons. The van der Waals surface area contributed by atoms with Crippen LogP contribution in [0.25, 0.3) is 0 Å². The number of nitrogens with one attached hydrogen (secondary N) is 1. The van der Waals surface area contributed by atoms with E-state index in [0.29, 0.717) is 32.2 Å². The van der Waals surface area contributed by atoms with Crippen LogP contribution in [-0.2, 0) is 4.79 Å². The van der Waals surface area contributed by atoms with Crippen LogP contribution in [0, 0.1) is 0 Å². The first kappa shape index (κ1) is 14.7. The number of carboxylic acid groups (broad SMARTS) is 1. The van der Waals surface area contributed by atoms with Gasteiger partial charge in [0.1, 0.15) is 5.54 Å². The number of carboxylic acids is 1. The molecule has 0 bridgehead atoms. The van der Waals surface area contributed by atoms with Crippen molar-refractivity contribution in [2.45, 2.75) is 44.6 Å². The van der Waals surface area contributed by atoms with Crippen molar-refractivity contribution in [2.24, 2.45) is 0 Å². The number of rotatable bonds is 5. The molecule has 2 N–H and O–H groups in total. The van der Waals surface area contributed by atoms with Crippen LogP contribution in [-0.4, -0.2) is 47.1 Å². The van der Waals surface area contributed by atoms with Crippen molar-refractivity contribution < 1.29 is 23.5 Å². The minimum atomic E-state index is -2.64. The summed E-state index contributed by atoms with van der Waals surface area (Å²) in [6.45, 7) is 1.37. The zero-order valence-corrected chi connectivity index (χ0v) is 10.3. The summed E-state index contributed by atoms with van der Waals surface area (Å²) in [7, 11) is 0. The molecule has 1 aliphatic rings. The molecule has 7 heteroatoms. The van der Waals surface area contributed by atoms with Gasteiger partial charge >= 0.3 is 12.0 Å². The molecule has 0 aromatic heterocycles. The van der Waals surface area contributed by atoms with Crippen molar-refractivity contribution in [1.82, 2.24) is 10.2 Å². The lowest BCUT2D eigenvalue weighted by atomic mass is 9.91. The number of carbonyl (C=O) groups is 2. The molecule has 0 aliphatic carbocycles. The second-order valence-electron chi connectivity index (χ2n) is 4.42. The molecule has 18 heavy (non-hydrogen) atoms. The van der Waals surface area contributed by atoms with E-state index in [-0.39, 0.29) is 0 Å². The second kappa shape index (κ2) is 5.97. The number of hydrogen-bond acceptors (Lipinski definition) is 2. The molecule has 2 amide bonds. The van der Waals surface area contributed by atoms with Gasteiger partial charge in [-0.1, -0.05) is 13.3 Å². The summed E-state index contributed by atoms with van der Waals surface area (Å²) in [5.41, 5.74) is -1.24. The second-order valence-corrected chi connectivity index (χ2v) is 4.42. The standard InChI is InChI=1S/C11H18F2N2O3/c1-2-4-11(9(16)17)5-3-6-15(11)10(18)14-7-8(12)13/h8H,2-7H2,1H3,(H,14,18)(H,16,17). The van der Waals surface area contributed by atoms with Crippen molar-refractivity contribution in [1.29, 1.82) is 0 Å². The maximum atomic E-state index is 12.0. The number of carbonyl (C=O) groups excluding carboxylic acids is 1. The van der Waals surface area contributed by atoms with Crippen molar-refractivity contribution in [2.75, 3.05) is 13.1 Å². The largest absolute Gasteiger partial charge is 0.479 e. The molecule has 1 saturated heterocycles. The quantitative estimate of drug-likeness (QED) is 0.793. The highest BCUT2D eigenvalue weighted by Gasteiger charge is 2.49. The lowest BCUT2D eigenvalue weighted by Crippen LogP contribution is -2.56. The summed E-state index contributed by atoms with van der Waals surface area (Å²) in [5, 5.41) is 11.4. The summed E-state index contributed by atoms with van der Waals surface area (Å²) in [4.78, 5) is 24.3. The van der Waals surface area contributed by atoms with Gasteiger partial charge in [0.15, 0.2) is 0 Å². The van der Waals surface area contributed by atoms with Gasteiger partial charge in [0.25, 0.3) is 6.43 Å². The summed E-state index contributed by atoms with van der Waals surface area (Å²) >= 11 is 0. The Labute approximate surface area is 104 Å². The minimum Gasteiger partial charge on any atom is -0.479 e. The number of hydrogen-bond donors (Lipinski definition) is 2. The highest BCUT2D eigenvalue weighted by Crippen LogP contribution is 2.33. The zero-order valence-electron chi connectivity index (χ0n) is 10.3. The molecule has 104 valence electrons. The number of likely N-dealkylation sites (tertiary alicyclic amines) is 1. The van der Waals surface area contributed by atoms with Crippen LogP contribution in [0.1, 0.15) is 32.6 Å². The maximum absolute atomic E-state index is 12.0. The Kier molecular flexibility index (Phi) is 4.86. The van der Waals surface area contributed by atoms with Gasteiger partial charge in [0.05, 0.1) is 6.54 Å². The van der Waals surface area contributed by atoms with Gasteiger partial charge in [-0.2, -0.15) is 0 Å². The molecular weight excluding hydrogens is 246 g/mol. The topological polar surface area (TPSA) is 69.6 Å². The van der Waals surface area contributed by atoms with E-state index >= 15 is 0 Å². The smallest absolute Gasteiger partial charge is 0.329 e. The Morgan fingerprint density at radius 3 is 2.67 bits per heavy atom. The maximum Gasteiger partial charge on any atom is 0.329 e. The molecule has 1 atom stereocenters. The molecule has 1 unspecified atom stereocenters. The predicted molar refractivity (Wildman–Crippen MR) is 60.6 cm³/mol. The molecule has 0 saturated carbocycles. The normalized spacial score (nSPS) is 23.4. The Hall–Kier alpha value is -1.40. The number of aliphatic carboxylic acids is 1. The molecule has 1 aliphatic heterocycles. The van der Waals surface area contributed by atoms with Crippen LogP contribution in [0.15, 0.2) is 0 Å². The van der Waals surface area contributed by atoms with E-state index < -0.39 is 30.5 Å². The summed E-state index contributed by atoms with van der Waals surface area (Å²) < 4.78 is 24.1. The minimum absolute atomic E-state index is 0.293. The van der Waals surface area contributed by atoms with E-state index in [0.717, 1.165) is 0 Å². The van der Waals surface area contributed by atoms with E-state index in [9.17, 15) is 23.5 Å². The van der Waals surface area contributed by atoms with E-state index in [1.807, 2.05) is 6.92 Å². The summed E-state index contributed by atoms with van der Waals surface area (Å²) in [6, 6.07) is -0.719. The third-order valence-corrected chi connectivity index (χ3v) is 3.20. The van der Waals surface area contributed by atoms with Crippen molar-refractivity contribution in [3.8, 4) is 0 Å². The van der Waals surface area contributed by atoms with Gasteiger partial charge in [-0.05, 0) is 19.3 Å². The Morgan fingerprint density at radius 2 is 2.17 bits per heavy atom. The lowest BCUT2D eigenvalue weighted by Gasteiger charge is -2.34. The molecule has 1 fully saturated rings. The van der Waals surface area contributed by atoms with Gasteiger partial charge in [-0.25, -0.2) is 18.4 Å². The highest BCUT2D eigenvalue weighted by molar-refractivity contribution is 5.87. The third-order valence-electron chi connectivity index (χ3n) is 3.20. The molecule has 0 spiro atoms. The summed E-state index contributed by atoms with van der Waals surface area (Å²) in [5.74, 6) is -1.06. The van der Waals surface area contributed by atoms with Gasteiger partial charge in [-0.3, -0.25) is 0 Å². The number of alkyl halides is 2. The average Bonchev–Trinajstić information content (AvgIpc) is 2.71. The fourth-order valence-corrected chi connectivity index (χ4v) is 2.44. The van der Waals surface area contributed by atoms with E-state index in [1.54, 1.807) is 0 Å².